The normalized spacial score (nSPS) is 29.0. The lowest BCUT2D eigenvalue weighted by Crippen LogP contribution is -2.54. The number of carbonyl (C=O) groups is 3. The predicted molar refractivity (Wildman–Crippen MR) is 155 cm³/mol. The highest BCUT2D eigenvalue weighted by Gasteiger charge is 2.76. The van der Waals surface area contributed by atoms with Gasteiger partial charge in [-0.1, -0.05) is 35.7 Å². The predicted octanol–water partition coefficient (Wildman–Crippen LogP) is 3.30. The van der Waals surface area contributed by atoms with Crippen molar-refractivity contribution in [3.63, 3.8) is 0 Å². The average Bonchev–Trinajstić information content (AvgIpc) is 3.52. The van der Waals surface area contributed by atoms with Crippen LogP contribution in [0, 0.1) is 11.8 Å². The largest absolute Gasteiger partial charge is 0.396 e. The van der Waals surface area contributed by atoms with Gasteiger partial charge in [0.25, 0.3) is 0 Å². The van der Waals surface area contributed by atoms with Gasteiger partial charge in [-0.3, -0.25) is 14.4 Å². The van der Waals surface area contributed by atoms with Crippen molar-refractivity contribution >= 4 is 45.0 Å². The van der Waals surface area contributed by atoms with E-state index < -0.39 is 29.6 Å². The van der Waals surface area contributed by atoms with Crippen LogP contribution in [0.25, 0.3) is 0 Å². The minimum Gasteiger partial charge on any atom is -0.396 e. The molecule has 4 rings (SSSR count). The first kappa shape index (κ1) is 29.8. The standard InChI is InChI=1S/C29H43BrN4O5/c1-4-15-31-26(36)22-23-28(38)34(16-9-7-8-10-17-35)25(29(23)18-21(30)24(22)39-29)27(37)32-19-11-13-20(14-12-19)33(5-2)6-3/h11-14,21-25,35H,4-10,15-18H2,1-3H3,(H,31,36)(H,32,37)/t21?,22-,23-,24-,25?,29?/m0/s1. The topological polar surface area (TPSA) is 111 Å². The Morgan fingerprint density at radius 3 is 2.44 bits per heavy atom. The van der Waals surface area contributed by atoms with E-state index in [0.29, 0.717) is 38.0 Å². The van der Waals surface area contributed by atoms with E-state index in [2.05, 4.69) is 45.3 Å². The lowest BCUT2D eigenvalue weighted by atomic mass is 9.70. The number of amides is 3. The molecule has 10 heteroatoms. The Hall–Kier alpha value is -2.17. The van der Waals surface area contributed by atoms with Gasteiger partial charge in [0, 0.05) is 49.0 Å². The molecule has 3 unspecified atom stereocenters. The van der Waals surface area contributed by atoms with Crippen LogP contribution in [-0.2, 0) is 19.1 Å². The van der Waals surface area contributed by atoms with Gasteiger partial charge in [-0.25, -0.2) is 0 Å². The lowest BCUT2D eigenvalue weighted by molar-refractivity contribution is -0.140. The SMILES string of the molecule is CCCNC(=O)[C@H]1[C@H]2C(=O)N(CCCCCCO)C(C(=O)Nc3ccc(N(CC)CC)cc3)C23CC(Br)[C@@H]1O3. The van der Waals surface area contributed by atoms with Gasteiger partial charge in [-0.2, -0.15) is 0 Å². The van der Waals surface area contributed by atoms with Crippen LogP contribution < -0.4 is 15.5 Å². The minimum absolute atomic E-state index is 0.118. The Morgan fingerprint density at radius 1 is 1.10 bits per heavy atom. The monoisotopic (exact) mass is 606 g/mol. The zero-order valence-corrected chi connectivity index (χ0v) is 24.9. The third kappa shape index (κ3) is 5.70. The summed E-state index contributed by atoms with van der Waals surface area (Å²) in [6.07, 6.45) is 3.95. The van der Waals surface area contributed by atoms with Crippen LogP contribution in [0.3, 0.4) is 0 Å². The van der Waals surface area contributed by atoms with E-state index in [-0.39, 0.29) is 29.2 Å². The summed E-state index contributed by atoms with van der Waals surface area (Å²) in [6, 6.07) is 6.92. The van der Waals surface area contributed by atoms with Crippen LogP contribution in [0.15, 0.2) is 24.3 Å². The molecule has 39 heavy (non-hydrogen) atoms. The van der Waals surface area contributed by atoms with Gasteiger partial charge in [0.1, 0.15) is 11.6 Å². The molecular formula is C29H43BrN4O5. The number of aliphatic hydroxyl groups excluding tert-OH is 1. The van der Waals surface area contributed by atoms with Gasteiger partial charge in [0.05, 0.1) is 17.9 Å². The Labute approximate surface area is 240 Å². The molecule has 3 amide bonds. The lowest BCUT2D eigenvalue weighted by Gasteiger charge is -2.34. The first-order chi connectivity index (χ1) is 18.8. The molecule has 0 aromatic heterocycles. The van der Waals surface area contributed by atoms with Crippen molar-refractivity contribution in [3.05, 3.63) is 24.3 Å². The molecule has 9 nitrogen and oxygen atoms in total. The number of carbonyl (C=O) groups excluding carboxylic acids is 3. The third-order valence-corrected chi connectivity index (χ3v) is 9.30. The Morgan fingerprint density at radius 2 is 1.79 bits per heavy atom. The Kier molecular flexibility index (Phi) is 9.93. The summed E-state index contributed by atoms with van der Waals surface area (Å²) in [5.41, 5.74) is 0.685. The molecule has 6 atom stereocenters. The molecule has 1 spiro atoms. The summed E-state index contributed by atoms with van der Waals surface area (Å²) in [4.78, 5) is 45.0. The number of halogens is 1. The second-order valence-corrected chi connectivity index (χ2v) is 12.0. The van der Waals surface area contributed by atoms with Crippen molar-refractivity contribution in [2.45, 2.75) is 81.9 Å². The number of hydrogen-bond acceptors (Lipinski definition) is 6. The zero-order valence-electron chi connectivity index (χ0n) is 23.3. The first-order valence-electron chi connectivity index (χ1n) is 14.5. The van der Waals surface area contributed by atoms with Crippen molar-refractivity contribution in [1.82, 2.24) is 10.2 Å². The van der Waals surface area contributed by atoms with E-state index in [1.165, 1.54) is 0 Å². The summed E-state index contributed by atoms with van der Waals surface area (Å²) in [6.45, 7) is 9.06. The fourth-order valence-electron chi connectivity index (χ4n) is 6.64. The van der Waals surface area contributed by atoms with Gasteiger partial charge >= 0.3 is 0 Å². The highest BCUT2D eigenvalue weighted by atomic mass is 79.9. The molecule has 1 aromatic rings. The first-order valence-corrected chi connectivity index (χ1v) is 15.4. The number of alkyl halides is 1. The molecule has 3 heterocycles. The number of ether oxygens (including phenoxy) is 1. The van der Waals surface area contributed by atoms with Gasteiger partial charge < -0.3 is 30.3 Å². The van der Waals surface area contributed by atoms with Gasteiger partial charge in [0.2, 0.25) is 17.7 Å². The van der Waals surface area contributed by atoms with Crippen molar-refractivity contribution in [2.24, 2.45) is 11.8 Å². The second kappa shape index (κ2) is 13.0. The molecule has 3 fully saturated rings. The maximum atomic E-state index is 14.0. The molecule has 3 N–H and O–H groups in total. The Bertz CT molecular complexity index is 1020. The van der Waals surface area contributed by atoms with Crippen LogP contribution in [0.5, 0.6) is 0 Å². The van der Waals surface area contributed by atoms with E-state index >= 15 is 0 Å². The molecule has 0 saturated carbocycles. The van der Waals surface area contributed by atoms with E-state index in [0.717, 1.165) is 38.0 Å². The average molecular weight is 608 g/mol. The van der Waals surface area contributed by atoms with Crippen LogP contribution in [0.1, 0.15) is 59.3 Å². The third-order valence-electron chi connectivity index (χ3n) is 8.46. The molecule has 3 aliphatic heterocycles. The van der Waals surface area contributed by atoms with E-state index in [1.807, 2.05) is 31.2 Å². The quantitative estimate of drug-likeness (QED) is 0.221. The second-order valence-electron chi connectivity index (χ2n) is 10.8. The molecule has 1 aromatic carbocycles. The highest BCUT2D eigenvalue weighted by molar-refractivity contribution is 9.09. The Balaban J connectivity index is 1.60. The number of nitrogens with zero attached hydrogens (tertiary/aromatic N) is 2. The number of anilines is 2. The fraction of sp³-hybridized carbons (Fsp3) is 0.690. The molecule has 216 valence electrons. The highest BCUT2D eigenvalue weighted by Crippen LogP contribution is 2.60. The van der Waals surface area contributed by atoms with Gasteiger partial charge in [0.15, 0.2) is 0 Å². The van der Waals surface area contributed by atoms with Gasteiger partial charge in [-0.15, -0.1) is 0 Å². The van der Waals surface area contributed by atoms with Crippen molar-refractivity contribution < 1.29 is 24.2 Å². The minimum atomic E-state index is -1.06. The molecule has 0 radical (unpaired) electrons. The van der Waals surface area contributed by atoms with Crippen molar-refractivity contribution in [2.75, 3.05) is 43.0 Å². The molecular weight excluding hydrogens is 564 g/mol. The zero-order chi connectivity index (χ0) is 28.2. The van der Waals surface area contributed by atoms with Crippen LogP contribution >= 0.6 is 15.9 Å². The number of fused-ring (bicyclic) bond motifs is 1. The number of unbranched alkanes of at least 4 members (excludes halogenated alkanes) is 3. The van der Waals surface area contributed by atoms with Crippen LogP contribution in [0.4, 0.5) is 11.4 Å². The molecule has 0 aliphatic carbocycles. The summed E-state index contributed by atoms with van der Waals surface area (Å²) in [5.74, 6) is -1.96. The summed E-state index contributed by atoms with van der Waals surface area (Å²) >= 11 is 3.71. The van der Waals surface area contributed by atoms with E-state index in [9.17, 15) is 14.4 Å². The van der Waals surface area contributed by atoms with Crippen LogP contribution in [0.2, 0.25) is 0 Å². The van der Waals surface area contributed by atoms with Crippen LogP contribution in [-0.4, -0.2) is 83.1 Å². The number of nitrogens with one attached hydrogen (secondary N) is 2. The van der Waals surface area contributed by atoms with Gasteiger partial charge in [-0.05, 0) is 63.8 Å². The molecule has 2 bridgehead atoms. The number of likely N-dealkylation sites (tertiary alicyclic amines) is 1. The maximum Gasteiger partial charge on any atom is 0.250 e. The number of rotatable bonds is 14. The smallest absolute Gasteiger partial charge is 0.250 e. The summed E-state index contributed by atoms with van der Waals surface area (Å²) in [7, 11) is 0. The van der Waals surface area contributed by atoms with E-state index in [4.69, 9.17) is 9.84 Å². The number of aliphatic hydroxyl groups is 1. The van der Waals surface area contributed by atoms with Crippen molar-refractivity contribution in [3.8, 4) is 0 Å². The summed E-state index contributed by atoms with van der Waals surface area (Å²) in [5, 5.41) is 15.1. The fourth-order valence-corrected chi connectivity index (χ4v) is 7.58. The molecule has 3 aliphatic rings. The summed E-state index contributed by atoms with van der Waals surface area (Å²) < 4.78 is 6.54. The van der Waals surface area contributed by atoms with Crippen molar-refractivity contribution in [1.29, 1.82) is 0 Å². The maximum absolute atomic E-state index is 14.0. The number of benzene rings is 1. The molecule has 3 saturated heterocycles. The number of hydrogen-bond donors (Lipinski definition) is 3. The van der Waals surface area contributed by atoms with E-state index in [1.54, 1.807) is 4.90 Å².